The van der Waals surface area contributed by atoms with E-state index in [0.29, 0.717) is 5.00 Å². The van der Waals surface area contributed by atoms with Crippen LogP contribution < -0.4 is 9.62 Å². The molecule has 2 aliphatic rings. The molecule has 2 aliphatic heterocycles. The Morgan fingerprint density at radius 2 is 2.24 bits per heavy atom. The van der Waals surface area contributed by atoms with E-state index in [4.69, 9.17) is 10.5 Å². The minimum absolute atomic E-state index is 0.0613. The standard InChI is InChI=1S/C12H8N5O2S2/c13-4-8-3-10(17(18)19)21-12(8)16-11-7(6-20-16)1-2-9(5-14)15-11/h1-3,6-7,9,11,15H. The Bertz CT molecular complexity index is 662. The minimum Gasteiger partial charge on any atom is -0.289 e. The fourth-order valence-corrected chi connectivity index (χ4v) is 4.34. The molecule has 9 heteroatoms. The van der Waals surface area contributed by atoms with E-state index in [-0.39, 0.29) is 22.6 Å². The highest BCUT2D eigenvalue weighted by molar-refractivity contribution is 8.03. The predicted molar refractivity (Wildman–Crippen MR) is 78.5 cm³/mol. The maximum atomic E-state index is 10.9. The Morgan fingerprint density at radius 1 is 1.43 bits per heavy atom. The number of nitrogens with zero attached hydrogens (tertiary/aromatic N) is 4. The molecular formula is C12H8N5O2S2. The van der Waals surface area contributed by atoms with Crippen LogP contribution >= 0.6 is 23.3 Å². The SMILES string of the molecule is N#Cc1cc([N+](=O)[O-])sc1N1S[CH]C2[CH][CH]C(C#N)NC21. The van der Waals surface area contributed by atoms with Crippen molar-refractivity contribution in [3.05, 3.63) is 40.3 Å². The highest BCUT2D eigenvalue weighted by Crippen LogP contribution is 2.47. The van der Waals surface area contributed by atoms with Crippen LogP contribution in [0.15, 0.2) is 6.07 Å². The lowest BCUT2D eigenvalue weighted by Crippen LogP contribution is -2.51. The summed E-state index contributed by atoms with van der Waals surface area (Å²) < 4.78 is 1.83. The molecule has 105 valence electrons. The first-order chi connectivity index (χ1) is 10.1. The van der Waals surface area contributed by atoms with Crippen LogP contribution in [0.1, 0.15) is 5.56 Å². The number of piperidine rings is 1. The second-order valence-corrected chi connectivity index (χ2v) is 6.31. The maximum Gasteiger partial charge on any atom is 0.327 e. The maximum absolute atomic E-state index is 10.9. The van der Waals surface area contributed by atoms with Crippen molar-refractivity contribution in [2.24, 2.45) is 5.92 Å². The van der Waals surface area contributed by atoms with Gasteiger partial charge in [0.2, 0.25) is 0 Å². The molecular weight excluding hydrogens is 310 g/mol. The van der Waals surface area contributed by atoms with Gasteiger partial charge in [-0.25, -0.2) is 0 Å². The molecule has 21 heavy (non-hydrogen) atoms. The number of anilines is 1. The third kappa shape index (κ3) is 2.44. The molecule has 3 radical (unpaired) electrons. The molecule has 0 aliphatic carbocycles. The summed E-state index contributed by atoms with van der Waals surface area (Å²) in [6.45, 7) is 0. The highest BCUT2D eigenvalue weighted by atomic mass is 32.2. The van der Waals surface area contributed by atoms with Gasteiger partial charge in [0.1, 0.15) is 17.1 Å². The molecule has 1 N–H and O–H groups in total. The number of nitrogens with one attached hydrogen (secondary N) is 1. The van der Waals surface area contributed by atoms with Crippen molar-refractivity contribution in [3.8, 4) is 12.1 Å². The summed E-state index contributed by atoms with van der Waals surface area (Å²) in [5, 5.41) is 32.7. The first-order valence-corrected chi connectivity index (χ1v) is 7.61. The summed E-state index contributed by atoms with van der Waals surface area (Å²) in [7, 11) is 0. The second-order valence-electron chi connectivity index (χ2n) is 4.42. The van der Waals surface area contributed by atoms with Gasteiger partial charge >= 0.3 is 5.00 Å². The van der Waals surface area contributed by atoms with Crippen LogP contribution in [0.5, 0.6) is 0 Å². The van der Waals surface area contributed by atoms with Gasteiger partial charge in [-0.1, -0.05) is 0 Å². The van der Waals surface area contributed by atoms with E-state index in [9.17, 15) is 10.1 Å². The Kier molecular flexibility index (Phi) is 3.72. The van der Waals surface area contributed by atoms with Gasteiger partial charge in [0.25, 0.3) is 0 Å². The van der Waals surface area contributed by atoms with Crippen LogP contribution in [0.3, 0.4) is 0 Å². The first-order valence-electron chi connectivity index (χ1n) is 5.95. The fourth-order valence-electron chi connectivity index (χ4n) is 2.20. The van der Waals surface area contributed by atoms with Gasteiger partial charge in [0, 0.05) is 17.7 Å². The first kappa shape index (κ1) is 14.1. The quantitative estimate of drug-likeness (QED) is 0.505. The van der Waals surface area contributed by atoms with Gasteiger partial charge in [-0.15, -0.1) is 0 Å². The fraction of sp³-hybridized carbons (Fsp3) is 0.250. The Morgan fingerprint density at radius 3 is 2.90 bits per heavy atom. The average Bonchev–Trinajstić information content (AvgIpc) is 3.09. The Balaban J connectivity index is 1.92. The molecule has 0 spiro atoms. The van der Waals surface area contributed by atoms with E-state index in [0.717, 1.165) is 11.3 Å². The second kappa shape index (κ2) is 5.53. The number of hydrogen-bond donors (Lipinski definition) is 1. The van der Waals surface area contributed by atoms with E-state index in [1.54, 1.807) is 6.42 Å². The molecule has 3 rings (SSSR count). The molecule has 2 saturated heterocycles. The third-order valence-electron chi connectivity index (χ3n) is 3.16. The number of fused-ring (bicyclic) bond motifs is 1. The molecule has 3 unspecified atom stereocenters. The Labute approximate surface area is 129 Å². The summed E-state index contributed by atoms with van der Waals surface area (Å²) in [6, 6.07) is 5.00. The number of nitriles is 2. The van der Waals surface area contributed by atoms with Crippen molar-refractivity contribution < 1.29 is 4.92 Å². The lowest BCUT2D eigenvalue weighted by molar-refractivity contribution is -0.380. The molecule has 2 fully saturated rings. The topological polar surface area (TPSA) is 106 Å². The van der Waals surface area contributed by atoms with Crippen molar-refractivity contribution in [2.75, 3.05) is 4.31 Å². The molecule has 3 heterocycles. The monoisotopic (exact) mass is 318 g/mol. The highest BCUT2D eigenvalue weighted by Gasteiger charge is 2.42. The van der Waals surface area contributed by atoms with E-state index >= 15 is 0 Å². The lowest BCUT2D eigenvalue weighted by Gasteiger charge is -2.33. The van der Waals surface area contributed by atoms with Crippen LogP contribution in [-0.4, -0.2) is 17.1 Å². The van der Waals surface area contributed by atoms with Crippen molar-refractivity contribution >= 4 is 33.3 Å². The molecule has 3 atom stereocenters. The molecule has 1 aromatic rings. The van der Waals surface area contributed by atoms with E-state index in [1.807, 2.05) is 22.5 Å². The summed E-state index contributed by atoms with van der Waals surface area (Å²) >= 11 is 2.36. The van der Waals surface area contributed by atoms with Gasteiger partial charge < -0.3 is 0 Å². The molecule has 7 nitrogen and oxygen atoms in total. The van der Waals surface area contributed by atoms with Crippen molar-refractivity contribution in [3.63, 3.8) is 0 Å². The number of hydrogen-bond acceptors (Lipinski definition) is 8. The van der Waals surface area contributed by atoms with Crippen LogP contribution in [0.25, 0.3) is 0 Å². The van der Waals surface area contributed by atoms with Gasteiger partial charge in [-0.05, 0) is 36.1 Å². The lowest BCUT2D eigenvalue weighted by atomic mass is 9.93. The zero-order valence-corrected chi connectivity index (χ0v) is 12.1. The van der Waals surface area contributed by atoms with Gasteiger partial charge in [0.15, 0.2) is 0 Å². The van der Waals surface area contributed by atoms with Crippen LogP contribution in [0, 0.1) is 57.3 Å². The van der Waals surface area contributed by atoms with Crippen molar-refractivity contribution in [1.82, 2.24) is 5.32 Å². The molecule has 0 bridgehead atoms. The van der Waals surface area contributed by atoms with Crippen LogP contribution in [0.2, 0.25) is 0 Å². The zero-order chi connectivity index (χ0) is 15.0. The molecule has 0 amide bonds. The molecule has 1 aromatic heterocycles. The number of rotatable bonds is 2. The average molecular weight is 318 g/mol. The molecule has 0 saturated carbocycles. The van der Waals surface area contributed by atoms with E-state index in [2.05, 4.69) is 11.4 Å². The van der Waals surface area contributed by atoms with Gasteiger partial charge in [-0.3, -0.25) is 19.7 Å². The summed E-state index contributed by atoms with van der Waals surface area (Å²) in [5.74, 6) is 2.07. The Hall–Kier alpha value is -1.81. The predicted octanol–water partition coefficient (Wildman–Crippen LogP) is 2.00. The largest absolute Gasteiger partial charge is 0.327 e. The van der Waals surface area contributed by atoms with Crippen molar-refractivity contribution in [1.29, 1.82) is 10.5 Å². The van der Waals surface area contributed by atoms with E-state index < -0.39 is 11.0 Å². The minimum atomic E-state index is -0.497. The normalized spacial score (nSPS) is 27.7. The van der Waals surface area contributed by atoms with E-state index in [1.165, 1.54) is 18.0 Å². The van der Waals surface area contributed by atoms with Gasteiger partial charge in [-0.2, -0.15) is 10.5 Å². The van der Waals surface area contributed by atoms with Crippen LogP contribution in [0.4, 0.5) is 10.0 Å². The van der Waals surface area contributed by atoms with Crippen molar-refractivity contribution in [2.45, 2.75) is 12.2 Å². The summed E-state index contributed by atoms with van der Waals surface area (Å²) in [6.07, 6.45) is 3.55. The summed E-state index contributed by atoms with van der Waals surface area (Å²) in [5.41, 5.74) is 0.276. The van der Waals surface area contributed by atoms with Gasteiger partial charge in [0.05, 0.1) is 22.7 Å². The third-order valence-corrected chi connectivity index (χ3v) is 5.44. The number of thiophene rings is 1. The smallest absolute Gasteiger partial charge is 0.289 e. The van der Waals surface area contributed by atoms with Crippen LogP contribution in [-0.2, 0) is 0 Å². The zero-order valence-electron chi connectivity index (χ0n) is 10.5. The molecule has 0 aromatic carbocycles. The number of nitro groups is 1. The summed E-state index contributed by atoms with van der Waals surface area (Å²) in [4.78, 5) is 10.4.